The highest BCUT2D eigenvalue weighted by atomic mass is 32.2. The summed E-state index contributed by atoms with van der Waals surface area (Å²) in [7, 11) is 0. The number of pyridine rings is 1. The van der Waals surface area contributed by atoms with Gasteiger partial charge in [-0.25, -0.2) is 0 Å². The molecule has 1 N–H and O–H groups in total. The standard InChI is InChI=1S/C29H26N4O4S2/c1-4-32-26(31-14-20-9-10-23-24(11-20)37-16-36-23)21(18(3)22(13-30)27(32)34)12-25-28(35)33(29(38)39-25)15-19-7-5-17(2)6-8-19/h5-12,31H,4,14-16H2,1-3H3/b25-12+. The average Bonchev–Trinajstić information content (AvgIpc) is 3.50. The fourth-order valence-electron chi connectivity index (χ4n) is 4.54. The van der Waals surface area contributed by atoms with Crippen molar-refractivity contribution in [2.75, 3.05) is 12.1 Å². The fourth-order valence-corrected chi connectivity index (χ4v) is 5.77. The van der Waals surface area contributed by atoms with Crippen molar-refractivity contribution in [2.45, 2.75) is 40.4 Å². The van der Waals surface area contributed by atoms with Gasteiger partial charge in [0.2, 0.25) is 6.79 Å². The van der Waals surface area contributed by atoms with E-state index in [2.05, 4.69) is 11.4 Å². The number of aromatic nitrogens is 1. The number of nitriles is 1. The van der Waals surface area contributed by atoms with Crippen molar-refractivity contribution in [3.63, 3.8) is 0 Å². The average molecular weight is 559 g/mol. The summed E-state index contributed by atoms with van der Waals surface area (Å²) >= 11 is 6.77. The number of rotatable bonds is 7. The van der Waals surface area contributed by atoms with Crippen LogP contribution in [0.3, 0.4) is 0 Å². The first-order valence-electron chi connectivity index (χ1n) is 12.4. The van der Waals surface area contributed by atoms with Gasteiger partial charge in [-0.1, -0.05) is 59.9 Å². The minimum Gasteiger partial charge on any atom is -0.454 e. The van der Waals surface area contributed by atoms with Crippen molar-refractivity contribution in [1.82, 2.24) is 9.47 Å². The molecule has 0 aliphatic carbocycles. The summed E-state index contributed by atoms with van der Waals surface area (Å²) in [5.41, 5.74) is 3.81. The largest absolute Gasteiger partial charge is 0.454 e. The first-order chi connectivity index (χ1) is 18.8. The summed E-state index contributed by atoms with van der Waals surface area (Å²) in [6, 6.07) is 15.7. The number of nitrogens with one attached hydrogen (secondary N) is 1. The lowest BCUT2D eigenvalue weighted by Crippen LogP contribution is -2.28. The number of hydrogen-bond donors (Lipinski definition) is 1. The zero-order valence-electron chi connectivity index (χ0n) is 21.7. The number of amides is 1. The molecule has 2 aromatic carbocycles. The third-order valence-corrected chi connectivity index (χ3v) is 8.08. The van der Waals surface area contributed by atoms with Crippen LogP contribution >= 0.6 is 24.0 Å². The van der Waals surface area contributed by atoms with Gasteiger partial charge >= 0.3 is 0 Å². The maximum atomic E-state index is 13.4. The molecular weight excluding hydrogens is 532 g/mol. The van der Waals surface area contributed by atoms with E-state index >= 15 is 0 Å². The van der Waals surface area contributed by atoms with E-state index in [1.807, 2.05) is 56.3 Å². The first kappa shape index (κ1) is 26.5. The molecule has 0 radical (unpaired) electrons. The highest BCUT2D eigenvalue weighted by Gasteiger charge is 2.33. The quantitative estimate of drug-likeness (QED) is 0.316. The van der Waals surface area contributed by atoms with Crippen molar-refractivity contribution >= 4 is 46.1 Å². The molecule has 0 atom stereocenters. The first-order valence-corrected chi connectivity index (χ1v) is 13.6. The van der Waals surface area contributed by atoms with E-state index in [-0.39, 0.29) is 23.8 Å². The number of thiocarbonyl (C=S) groups is 1. The van der Waals surface area contributed by atoms with E-state index in [4.69, 9.17) is 21.7 Å². The smallest absolute Gasteiger partial charge is 0.270 e. The number of nitrogens with zero attached hydrogens (tertiary/aromatic N) is 3. The molecule has 8 nitrogen and oxygen atoms in total. The Hall–Kier alpha value is -4.07. The Bertz CT molecular complexity index is 1620. The predicted octanol–water partition coefficient (Wildman–Crippen LogP) is 5.10. The number of thioether (sulfide) groups is 1. The monoisotopic (exact) mass is 558 g/mol. The van der Waals surface area contributed by atoms with Crippen LogP contribution in [-0.2, 0) is 24.4 Å². The Balaban J connectivity index is 1.51. The molecule has 1 aromatic heterocycles. The van der Waals surface area contributed by atoms with Gasteiger partial charge in [-0.3, -0.25) is 19.1 Å². The number of hydrogen-bond acceptors (Lipinski definition) is 8. The molecule has 2 aliphatic heterocycles. The van der Waals surface area contributed by atoms with E-state index in [1.165, 1.54) is 16.3 Å². The van der Waals surface area contributed by atoms with E-state index in [0.717, 1.165) is 16.7 Å². The second-order valence-electron chi connectivity index (χ2n) is 9.22. The molecule has 0 spiro atoms. The molecule has 2 aliphatic rings. The summed E-state index contributed by atoms with van der Waals surface area (Å²) in [4.78, 5) is 28.6. The van der Waals surface area contributed by atoms with E-state index in [0.29, 0.717) is 57.3 Å². The van der Waals surface area contributed by atoms with Crippen LogP contribution in [0.5, 0.6) is 11.5 Å². The summed E-state index contributed by atoms with van der Waals surface area (Å²) in [5, 5.41) is 13.2. The molecule has 0 bridgehead atoms. The van der Waals surface area contributed by atoms with Gasteiger partial charge < -0.3 is 14.8 Å². The normalized spacial score (nSPS) is 15.2. The van der Waals surface area contributed by atoms with Crippen molar-refractivity contribution in [3.05, 3.63) is 91.1 Å². The highest BCUT2D eigenvalue weighted by Crippen LogP contribution is 2.36. The van der Waals surface area contributed by atoms with Gasteiger partial charge in [-0.05, 0) is 55.7 Å². The van der Waals surface area contributed by atoms with Crippen LogP contribution in [0.15, 0.2) is 52.2 Å². The summed E-state index contributed by atoms with van der Waals surface area (Å²) in [6.45, 7) is 6.86. The maximum Gasteiger partial charge on any atom is 0.270 e. The van der Waals surface area contributed by atoms with Gasteiger partial charge in [0.05, 0.1) is 11.4 Å². The number of carbonyl (C=O) groups excluding carboxylic acids is 1. The summed E-state index contributed by atoms with van der Waals surface area (Å²) < 4.78 is 12.9. The molecule has 3 aromatic rings. The zero-order chi connectivity index (χ0) is 27.7. The van der Waals surface area contributed by atoms with E-state index in [9.17, 15) is 14.9 Å². The summed E-state index contributed by atoms with van der Waals surface area (Å²) in [5.74, 6) is 1.67. The van der Waals surface area contributed by atoms with Crippen LogP contribution in [0.4, 0.5) is 5.82 Å². The van der Waals surface area contributed by atoms with E-state index < -0.39 is 0 Å². The highest BCUT2D eigenvalue weighted by molar-refractivity contribution is 8.26. The second-order valence-corrected chi connectivity index (χ2v) is 10.9. The van der Waals surface area contributed by atoms with Gasteiger partial charge in [0.15, 0.2) is 11.5 Å². The van der Waals surface area contributed by atoms with Crippen LogP contribution in [-0.4, -0.2) is 26.5 Å². The number of carbonyl (C=O) groups is 1. The number of fused-ring (bicyclic) bond motifs is 1. The number of anilines is 1. The Morgan fingerprint density at radius 3 is 2.54 bits per heavy atom. The zero-order valence-corrected chi connectivity index (χ0v) is 23.4. The van der Waals surface area contributed by atoms with E-state index in [1.54, 1.807) is 17.9 Å². The van der Waals surface area contributed by atoms with Crippen LogP contribution in [0.2, 0.25) is 0 Å². The Labute approximate surface area is 235 Å². The Kier molecular flexibility index (Phi) is 7.46. The predicted molar refractivity (Wildman–Crippen MR) is 156 cm³/mol. The van der Waals surface area contributed by atoms with Crippen molar-refractivity contribution < 1.29 is 14.3 Å². The molecule has 1 fully saturated rings. The summed E-state index contributed by atoms with van der Waals surface area (Å²) in [6.07, 6.45) is 1.73. The third-order valence-electron chi connectivity index (χ3n) is 6.70. The molecule has 3 heterocycles. The number of ether oxygens (including phenoxy) is 2. The lowest BCUT2D eigenvalue weighted by Gasteiger charge is -2.19. The topological polar surface area (TPSA) is 96.6 Å². The third kappa shape index (κ3) is 5.15. The SMILES string of the molecule is CCn1c(NCc2ccc3c(c2)OCO3)c(/C=C2/SC(=S)N(Cc3ccc(C)cc3)C2=O)c(C)c(C#N)c1=O. The lowest BCUT2D eigenvalue weighted by molar-refractivity contribution is -0.122. The number of benzene rings is 2. The fraction of sp³-hybridized carbons (Fsp3) is 0.241. The van der Waals surface area contributed by atoms with Crippen LogP contribution in [0, 0.1) is 25.2 Å². The molecule has 0 saturated carbocycles. The molecular formula is C29H26N4O4S2. The minimum absolute atomic E-state index is 0.0480. The second kappa shape index (κ2) is 11.0. The number of aryl methyl sites for hydroxylation is 1. The van der Waals surface area contributed by atoms with Crippen molar-refractivity contribution in [3.8, 4) is 17.6 Å². The molecule has 10 heteroatoms. The Morgan fingerprint density at radius 2 is 1.82 bits per heavy atom. The maximum absolute atomic E-state index is 13.4. The Morgan fingerprint density at radius 1 is 1.10 bits per heavy atom. The van der Waals surface area contributed by atoms with Gasteiger partial charge in [0.25, 0.3) is 11.5 Å². The molecule has 198 valence electrons. The van der Waals surface area contributed by atoms with Crippen LogP contribution in [0.1, 0.15) is 40.3 Å². The van der Waals surface area contributed by atoms with Crippen LogP contribution < -0.4 is 20.3 Å². The van der Waals surface area contributed by atoms with Gasteiger partial charge in [-0.15, -0.1) is 0 Å². The minimum atomic E-state index is -0.380. The van der Waals surface area contributed by atoms with Gasteiger partial charge in [-0.2, -0.15) is 5.26 Å². The molecule has 0 unspecified atom stereocenters. The van der Waals surface area contributed by atoms with Crippen LogP contribution in [0.25, 0.3) is 6.08 Å². The molecule has 1 amide bonds. The van der Waals surface area contributed by atoms with Crippen molar-refractivity contribution in [2.24, 2.45) is 0 Å². The van der Waals surface area contributed by atoms with Gasteiger partial charge in [0.1, 0.15) is 21.8 Å². The van der Waals surface area contributed by atoms with Gasteiger partial charge in [0, 0.05) is 18.7 Å². The van der Waals surface area contributed by atoms with Crippen molar-refractivity contribution in [1.29, 1.82) is 5.26 Å². The lowest BCUT2D eigenvalue weighted by atomic mass is 10.0. The molecule has 5 rings (SSSR count). The molecule has 39 heavy (non-hydrogen) atoms. The molecule has 1 saturated heterocycles.